The first-order chi connectivity index (χ1) is 29.8. The average molecular weight is 870 g/mol. The minimum Gasteiger partial charge on any atom is -0.492 e. The number of halogens is 1. The number of rotatable bonds is 13. The van der Waals surface area contributed by atoms with E-state index in [4.69, 9.17) is 30.8 Å². The quantitative estimate of drug-likeness (QED) is 0.165. The van der Waals surface area contributed by atoms with E-state index in [1.54, 1.807) is 35.0 Å². The topological polar surface area (TPSA) is 207 Å². The van der Waals surface area contributed by atoms with E-state index in [9.17, 15) is 28.8 Å². The third kappa shape index (κ3) is 8.67. The van der Waals surface area contributed by atoms with E-state index in [0.29, 0.717) is 53.4 Å². The molecule has 2 aromatic heterocycles. The van der Waals surface area contributed by atoms with Crippen molar-refractivity contribution in [1.82, 2.24) is 35.0 Å². The first kappa shape index (κ1) is 42.6. The fourth-order valence-electron chi connectivity index (χ4n) is 8.48. The summed E-state index contributed by atoms with van der Waals surface area (Å²) in [5, 5.41) is 9.08. The molecule has 3 N–H and O–H groups in total. The van der Waals surface area contributed by atoms with Crippen LogP contribution in [0.3, 0.4) is 0 Å². The highest BCUT2D eigenvalue weighted by atomic mass is 35.5. The van der Waals surface area contributed by atoms with Crippen LogP contribution in [0, 0.1) is 0 Å². The number of carbonyl (C=O) groups is 5. The zero-order chi connectivity index (χ0) is 43.8. The van der Waals surface area contributed by atoms with E-state index in [2.05, 4.69) is 30.7 Å². The molecule has 5 amide bonds. The second-order valence-corrected chi connectivity index (χ2v) is 16.7. The number of imide groups is 2. The van der Waals surface area contributed by atoms with Crippen LogP contribution in [0.4, 0.5) is 17.5 Å². The summed E-state index contributed by atoms with van der Waals surface area (Å²) in [6.07, 6.45) is 4.09. The number of carbonyl (C=O) groups excluding carboxylic acids is 5. The van der Waals surface area contributed by atoms with Gasteiger partial charge in [-0.25, -0.2) is 4.98 Å². The van der Waals surface area contributed by atoms with Crippen molar-refractivity contribution in [2.24, 2.45) is 0 Å². The van der Waals surface area contributed by atoms with Gasteiger partial charge in [0, 0.05) is 56.3 Å². The maximum absolute atomic E-state index is 13.3. The number of ether oxygens (including phenoxy) is 3. The van der Waals surface area contributed by atoms with Crippen LogP contribution in [0.15, 0.2) is 53.5 Å². The number of likely N-dealkylation sites (tertiary alicyclic amines) is 1. The van der Waals surface area contributed by atoms with E-state index < -0.39 is 29.7 Å². The summed E-state index contributed by atoms with van der Waals surface area (Å²) in [4.78, 5) is 90.0. The molecule has 8 rings (SSSR count). The van der Waals surface area contributed by atoms with Crippen LogP contribution in [0.5, 0.6) is 11.5 Å². The van der Waals surface area contributed by atoms with Gasteiger partial charge in [-0.05, 0) is 89.0 Å². The molecule has 4 aromatic rings. The van der Waals surface area contributed by atoms with E-state index in [1.807, 2.05) is 39.1 Å². The number of piperidine rings is 2. The van der Waals surface area contributed by atoms with E-state index >= 15 is 0 Å². The lowest BCUT2D eigenvalue weighted by Crippen LogP contribution is -2.54. The van der Waals surface area contributed by atoms with Gasteiger partial charge in [-0.15, -0.1) is 0 Å². The Labute approximate surface area is 361 Å². The number of pyridine rings is 1. The number of nitrogens with zero attached hydrogens (tertiary/aromatic N) is 6. The molecule has 3 atom stereocenters. The molecule has 4 aliphatic heterocycles. The molecule has 4 aliphatic rings. The molecule has 2 aromatic carbocycles. The highest BCUT2D eigenvalue weighted by molar-refractivity contribution is 6.33. The molecule has 0 saturated carbocycles. The molecular formula is C43H48ClN9O9. The number of hydrogen-bond donors (Lipinski definition) is 3. The molecule has 62 heavy (non-hydrogen) atoms. The fourth-order valence-corrected chi connectivity index (χ4v) is 8.62. The van der Waals surface area contributed by atoms with Crippen molar-refractivity contribution >= 4 is 69.5 Å². The molecule has 19 heteroatoms. The number of fused-ring (bicyclic) bond motifs is 2. The minimum atomic E-state index is -1.03. The highest BCUT2D eigenvalue weighted by Crippen LogP contribution is 2.33. The predicted molar refractivity (Wildman–Crippen MR) is 228 cm³/mol. The summed E-state index contributed by atoms with van der Waals surface area (Å²) in [5.74, 6) is -1.07. The molecule has 326 valence electrons. The number of anilines is 3. The highest BCUT2D eigenvalue weighted by Gasteiger charge is 2.45. The summed E-state index contributed by atoms with van der Waals surface area (Å²) in [6.45, 7) is 5.99. The first-order valence-electron chi connectivity index (χ1n) is 20.7. The molecule has 0 aliphatic carbocycles. The summed E-state index contributed by atoms with van der Waals surface area (Å²) >= 11 is 6.58. The van der Waals surface area contributed by atoms with Crippen molar-refractivity contribution in [3.63, 3.8) is 0 Å². The number of benzene rings is 2. The lowest BCUT2D eigenvalue weighted by Gasteiger charge is -2.33. The molecular weight excluding hydrogens is 822 g/mol. The summed E-state index contributed by atoms with van der Waals surface area (Å²) in [6, 6.07) is 10.8. The second-order valence-electron chi connectivity index (χ2n) is 16.2. The Morgan fingerprint density at radius 2 is 1.74 bits per heavy atom. The monoisotopic (exact) mass is 869 g/mol. The van der Waals surface area contributed by atoms with Crippen LogP contribution in [0.1, 0.15) is 72.7 Å². The summed E-state index contributed by atoms with van der Waals surface area (Å²) in [7, 11) is 3.53. The van der Waals surface area contributed by atoms with Gasteiger partial charge in [0.15, 0.2) is 18.2 Å². The SMILES string of the molecule is CNC(=O)COc1cc2cc(Nc3nc(N4CCC(O[C@H]5C[C@@H](COc6ccc7c(c6)C(=O)N(C6CCC(=O)NC6=O)C7=O)N(C)C5)CC4)ncc3Cl)ccc2n(C(C)C)c1=O. The van der Waals surface area contributed by atoms with Crippen molar-refractivity contribution in [1.29, 1.82) is 0 Å². The van der Waals surface area contributed by atoms with Gasteiger partial charge >= 0.3 is 0 Å². The molecule has 6 heterocycles. The number of hydrogen-bond acceptors (Lipinski definition) is 14. The van der Waals surface area contributed by atoms with Crippen LogP contribution >= 0.6 is 11.6 Å². The van der Waals surface area contributed by atoms with Gasteiger partial charge in [-0.2, -0.15) is 4.98 Å². The predicted octanol–water partition coefficient (Wildman–Crippen LogP) is 3.43. The summed E-state index contributed by atoms with van der Waals surface area (Å²) in [5.41, 5.74) is 1.45. The molecule has 0 spiro atoms. The maximum atomic E-state index is 13.3. The van der Waals surface area contributed by atoms with Gasteiger partial charge in [0.25, 0.3) is 23.3 Å². The van der Waals surface area contributed by atoms with Crippen molar-refractivity contribution in [3.8, 4) is 11.5 Å². The van der Waals surface area contributed by atoms with Crippen LogP contribution in [0.25, 0.3) is 10.9 Å². The molecule has 18 nitrogen and oxygen atoms in total. The lowest BCUT2D eigenvalue weighted by atomic mass is 10.0. The Kier molecular flexibility index (Phi) is 12.2. The fraction of sp³-hybridized carbons (Fsp3) is 0.442. The zero-order valence-electron chi connectivity index (χ0n) is 34.8. The number of aromatic nitrogens is 3. The second kappa shape index (κ2) is 17.7. The maximum Gasteiger partial charge on any atom is 0.293 e. The molecule has 3 fully saturated rings. The third-order valence-corrected chi connectivity index (χ3v) is 12.0. The number of nitrogens with one attached hydrogen (secondary N) is 3. The Hall–Kier alpha value is -6.11. The van der Waals surface area contributed by atoms with Crippen LogP contribution < -0.4 is 35.9 Å². The first-order valence-corrected chi connectivity index (χ1v) is 21.1. The number of amides is 5. The van der Waals surface area contributed by atoms with Gasteiger partial charge in [0.1, 0.15) is 23.4 Å². The Balaban J connectivity index is 0.843. The van der Waals surface area contributed by atoms with Gasteiger partial charge in [0.2, 0.25) is 17.8 Å². The Morgan fingerprint density at radius 3 is 2.48 bits per heavy atom. The molecule has 3 saturated heterocycles. The van der Waals surface area contributed by atoms with Crippen molar-refractivity contribution in [3.05, 3.63) is 75.2 Å². The third-order valence-electron chi connectivity index (χ3n) is 11.8. The molecule has 1 unspecified atom stereocenters. The normalized spacial score (nSPS) is 20.8. The Morgan fingerprint density at radius 1 is 0.968 bits per heavy atom. The average Bonchev–Trinajstić information content (AvgIpc) is 3.72. The minimum absolute atomic E-state index is 0.00437. The largest absolute Gasteiger partial charge is 0.492 e. The van der Waals surface area contributed by atoms with Gasteiger partial charge < -0.3 is 34.3 Å². The van der Waals surface area contributed by atoms with Gasteiger partial charge in [-0.1, -0.05) is 11.6 Å². The standard InChI is InChI=1S/C43H48ClN9O9/c1-23(2)52-33-8-5-25(15-24(33)16-35(42(52)59)61-22-37(55)45-3)47-38-32(44)19-46-43(49-38)51-13-11-27(12-14-51)62-29-17-26(50(4)20-29)21-60-28-6-7-30-31(18-28)41(58)53(40(30)57)34-9-10-36(54)48-39(34)56/h5-8,15-16,18-19,23,26-27,29,34H,9-14,17,20-22H2,1-4H3,(H,45,55)(H,46,47,49)(H,48,54,56)/t26-,29-,34?/m0/s1. The summed E-state index contributed by atoms with van der Waals surface area (Å²) < 4.78 is 20.0. The Bertz CT molecular complexity index is 2510. The van der Waals surface area contributed by atoms with Crippen LogP contribution in [-0.2, 0) is 19.1 Å². The van der Waals surface area contributed by atoms with Crippen LogP contribution in [0.2, 0.25) is 5.02 Å². The van der Waals surface area contributed by atoms with E-state index in [0.717, 1.165) is 36.1 Å². The van der Waals surface area contributed by atoms with Gasteiger partial charge in [0.05, 0.1) is 35.0 Å². The van der Waals surface area contributed by atoms with E-state index in [-0.39, 0.29) is 72.1 Å². The van der Waals surface area contributed by atoms with Crippen molar-refractivity contribution in [2.75, 3.05) is 57.2 Å². The van der Waals surface area contributed by atoms with Crippen molar-refractivity contribution < 1.29 is 38.2 Å². The van der Waals surface area contributed by atoms with Crippen LogP contribution in [-0.4, -0.2) is 125 Å². The van der Waals surface area contributed by atoms with Crippen molar-refractivity contribution in [2.45, 2.75) is 76.3 Å². The zero-order valence-corrected chi connectivity index (χ0v) is 35.6. The van der Waals surface area contributed by atoms with Gasteiger partial charge in [-0.3, -0.25) is 43.9 Å². The number of likely N-dealkylation sites (N-methyl/N-ethyl adjacent to an activating group) is 2. The lowest BCUT2D eigenvalue weighted by molar-refractivity contribution is -0.136. The smallest absolute Gasteiger partial charge is 0.293 e. The molecule has 0 radical (unpaired) electrons. The molecule has 0 bridgehead atoms. The van der Waals surface area contributed by atoms with E-state index in [1.165, 1.54) is 7.05 Å².